The third-order valence-corrected chi connectivity index (χ3v) is 3.62. The average molecular weight is 274 g/mol. The van der Waals surface area contributed by atoms with Crippen LogP contribution in [0.25, 0.3) is 0 Å². The first-order valence-corrected chi connectivity index (χ1v) is 6.81. The molecule has 0 amide bonds. The molecule has 18 heavy (non-hydrogen) atoms. The average Bonchev–Trinajstić information content (AvgIpc) is 2.60. The third-order valence-electron chi connectivity index (χ3n) is 3.19. The number of hydrogen-bond acceptors (Lipinski definition) is 3. The van der Waals surface area contributed by atoms with E-state index in [9.17, 15) is 0 Å². The Hall–Kier alpha value is -0.580. The fraction of sp³-hybridized carbons (Fsp3) is 0.769. The molecule has 104 valence electrons. The van der Waals surface area contributed by atoms with Crippen LogP contribution < -0.4 is 5.32 Å². The summed E-state index contributed by atoms with van der Waals surface area (Å²) in [6, 6.07) is 0.325. The molecule has 1 rings (SSSR count). The molecular weight excluding hydrogens is 250 g/mol. The first-order chi connectivity index (χ1) is 8.51. The Balaban J connectivity index is 2.70. The first kappa shape index (κ1) is 15.5. The van der Waals surface area contributed by atoms with Crippen molar-refractivity contribution >= 4 is 11.6 Å². The molecule has 5 heteroatoms. The Bertz CT molecular complexity index is 377. The minimum Gasteiger partial charge on any atom is -0.383 e. The molecule has 0 spiro atoms. The van der Waals surface area contributed by atoms with Crippen molar-refractivity contribution in [3.8, 4) is 0 Å². The summed E-state index contributed by atoms with van der Waals surface area (Å²) in [5.74, 6) is 0.516. The van der Waals surface area contributed by atoms with Gasteiger partial charge in [0.25, 0.3) is 0 Å². The molecule has 0 aliphatic carbocycles. The number of nitrogens with one attached hydrogen (secondary N) is 1. The molecule has 0 saturated carbocycles. The highest BCUT2D eigenvalue weighted by Gasteiger charge is 2.16. The van der Waals surface area contributed by atoms with Gasteiger partial charge in [0.05, 0.1) is 23.0 Å². The second-order valence-electron chi connectivity index (χ2n) is 4.87. The highest BCUT2D eigenvalue weighted by atomic mass is 35.5. The van der Waals surface area contributed by atoms with Gasteiger partial charge < -0.3 is 10.1 Å². The van der Waals surface area contributed by atoms with Crippen LogP contribution in [-0.2, 0) is 24.8 Å². The molecule has 1 atom stereocenters. The number of halogens is 1. The summed E-state index contributed by atoms with van der Waals surface area (Å²) in [5, 5.41) is 8.68. The van der Waals surface area contributed by atoms with Crippen molar-refractivity contribution < 1.29 is 4.74 Å². The minimum atomic E-state index is 0.325. The van der Waals surface area contributed by atoms with E-state index in [1.54, 1.807) is 7.11 Å². The van der Waals surface area contributed by atoms with Gasteiger partial charge in [-0.3, -0.25) is 4.68 Å². The standard InChI is InChI=1S/C13H24ClN3O/c1-6-10-13(14)12(17(4)16-10)7-15-11(8-18-5)9(2)3/h9,11,15H,6-8H2,1-5H3. The molecule has 1 N–H and O–H groups in total. The Morgan fingerprint density at radius 2 is 2.11 bits per heavy atom. The van der Waals surface area contributed by atoms with Gasteiger partial charge in [0.2, 0.25) is 0 Å². The van der Waals surface area contributed by atoms with Crippen LogP contribution >= 0.6 is 11.6 Å². The molecule has 0 fully saturated rings. The monoisotopic (exact) mass is 273 g/mol. The molecule has 1 aromatic heterocycles. The van der Waals surface area contributed by atoms with Gasteiger partial charge in [-0.15, -0.1) is 0 Å². The predicted molar refractivity (Wildman–Crippen MR) is 74.9 cm³/mol. The smallest absolute Gasteiger partial charge is 0.0863 e. The largest absolute Gasteiger partial charge is 0.383 e. The topological polar surface area (TPSA) is 39.1 Å². The number of aromatic nitrogens is 2. The van der Waals surface area contributed by atoms with Crippen molar-refractivity contribution in [3.05, 3.63) is 16.4 Å². The van der Waals surface area contributed by atoms with Crippen molar-refractivity contribution in [2.45, 2.75) is 39.8 Å². The lowest BCUT2D eigenvalue weighted by Gasteiger charge is -2.21. The molecule has 4 nitrogen and oxygen atoms in total. The van der Waals surface area contributed by atoms with Crippen LogP contribution in [0.3, 0.4) is 0 Å². The zero-order chi connectivity index (χ0) is 13.7. The van der Waals surface area contributed by atoms with Crippen LogP contribution in [0.2, 0.25) is 5.02 Å². The summed E-state index contributed by atoms with van der Waals surface area (Å²) in [7, 11) is 3.66. The molecule has 0 saturated heterocycles. The summed E-state index contributed by atoms with van der Waals surface area (Å²) in [6.45, 7) is 7.84. The summed E-state index contributed by atoms with van der Waals surface area (Å²) < 4.78 is 7.08. The second-order valence-corrected chi connectivity index (χ2v) is 5.25. The van der Waals surface area contributed by atoms with Crippen LogP contribution in [0.15, 0.2) is 0 Å². The van der Waals surface area contributed by atoms with Crippen LogP contribution in [0, 0.1) is 5.92 Å². The van der Waals surface area contributed by atoms with Crippen LogP contribution in [-0.4, -0.2) is 29.5 Å². The number of hydrogen-bond donors (Lipinski definition) is 1. The molecule has 0 radical (unpaired) electrons. The van der Waals surface area contributed by atoms with E-state index in [0.717, 1.165) is 22.8 Å². The zero-order valence-corrected chi connectivity index (χ0v) is 12.7. The lowest BCUT2D eigenvalue weighted by Crippen LogP contribution is -2.37. The SMILES string of the molecule is CCc1nn(C)c(CNC(COC)C(C)C)c1Cl. The summed E-state index contributed by atoms with van der Waals surface area (Å²) in [5.41, 5.74) is 2.00. The van der Waals surface area contributed by atoms with Crippen molar-refractivity contribution in [3.63, 3.8) is 0 Å². The van der Waals surface area contributed by atoms with Crippen molar-refractivity contribution in [2.75, 3.05) is 13.7 Å². The maximum absolute atomic E-state index is 6.32. The normalized spacial score (nSPS) is 13.3. The predicted octanol–water partition coefficient (Wildman–Crippen LogP) is 2.40. The highest BCUT2D eigenvalue weighted by molar-refractivity contribution is 6.31. The van der Waals surface area contributed by atoms with Gasteiger partial charge in [-0.05, 0) is 12.3 Å². The maximum atomic E-state index is 6.32. The van der Waals surface area contributed by atoms with E-state index < -0.39 is 0 Å². The molecule has 0 aliphatic rings. The number of methoxy groups -OCH3 is 1. The van der Waals surface area contributed by atoms with Crippen LogP contribution in [0.5, 0.6) is 0 Å². The van der Waals surface area contributed by atoms with Gasteiger partial charge in [-0.2, -0.15) is 5.10 Å². The third kappa shape index (κ3) is 3.70. The second kappa shape index (κ2) is 7.12. The van der Waals surface area contributed by atoms with Gasteiger partial charge >= 0.3 is 0 Å². The van der Waals surface area contributed by atoms with Gasteiger partial charge in [0, 0.05) is 26.7 Å². The van der Waals surface area contributed by atoms with E-state index >= 15 is 0 Å². The van der Waals surface area contributed by atoms with Crippen molar-refractivity contribution in [1.82, 2.24) is 15.1 Å². The Morgan fingerprint density at radius 3 is 2.56 bits per heavy atom. The molecule has 0 bridgehead atoms. The summed E-state index contributed by atoms with van der Waals surface area (Å²) in [4.78, 5) is 0. The van der Waals surface area contributed by atoms with E-state index in [1.165, 1.54) is 0 Å². The molecule has 0 aromatic carbocycles. The molecule has 0 aliphatic heterocycles. The Morgan fingerprint density at radius 1 is 1.44 bits per heavy atom. The first-order valence-electron chi connectivity index (χ1n) is 6.43. The van der Waals surface area contributed by atoms with E-state index in [1.807, 2.05) is 11.7 Å². The number of ether oxygens (including phenoxy) is 1. The van der Waals surface area contributed by atoms with E-state index in [-0.39, 0.29) is 0 Å². The maximum Gasteiger partial charge on any atom is 0.0863 e. The highest BCUT2D eigenvalue weighted by Crippen LogP contribution is 2.20. The zero-order valence-electron chi connectivity index (χ0n) is 12.0. The van der Waals surface area contributed by atoms with E-state index in [4.69, 9.17) is 16.3 Å². The Labute approximate surface area is 115 Å². The number of aryl methyl sites for hydroxylation is 2. The van der Waals surface area contributed by atoms with E-state index in [0.29, 0.717) is 25.1 Å². The van der Waals surface area contributed by atoms with Gasteiger partial charge in [-0.25, -0.2) is 0 Å². The lowest BCUT2D eigenvalue weighted by atomic mass is 10.1. The van der Waals surface area contributed by atoms with Gasteiger partial charge in [0.15, 0.2) is 0 Å². The molecule has 1 heterocycles. The Kier molecular flexibility index (Phi) is 6.12. The van der Waals surface area contributed by atoms with Crippen LogP contribution in [0.1, 0.15) is 32.2 Å². The van der Waals surface area contributed by atoms with Crippen molar-refractivity contribution in [1.29, 1.82) is 0 Å². The number of rotatable bonds is 7. The molecule has 1 aromatic rings. The van der Waals surface area contributed by atoms with Crippen LogP contribution in [0.4, 0.5) is 0 Å². The summed E-state index contributed by atoms with van der Waals surface area (Å²) in [6.07, 6.45) is 0.859. The minimum absolute atomic E-state index is 0.325. The number of nitrogens with zero attached hydrogens (tertiary/aromatic N) is 2. The molecular formula is C13H24ClN3O. The lowest BCUT2D eigenvalue weighted by molar-refractivity contribution is 0.146. The quantitative estimate of drug-likeness (QED) is 0.829. The van der Waals surface area contributed by atoms with E-state index in [2.05, 4.69) is 31.2 Å². The van der Waals surface area contributed by atoms with Gasteiger partial charge in [0.1, 0.15) is 0 Å². The van der Waals surface area contributed by atoms with Crippen molar-refractivity contribution in [2.24, 2.45) is 13.0 Å². The molecule has 1 unspecified atom stereocenters. The fourth-order valence-corrected chi connectivity index (χ4v) is 2.27. The fourth-order valence-electron chi connectivity index (χ4n) is 1.91. The summed E-state index contributed by atoms with van der Waals surface area (Å²) >= 11 is 6.32. The van der Waals surface area contributed by atoms with Gasteiger partial charge in [-0.1, -0.05) is 32.4 Å².